The van der Waals surface area contributed by atoms with E-state index in [1.54, 1.807) is 13.3 Å². The first-order valence-corrected chi connectivity index (χ1v) is 12.2. The minimum absolute atomic E-state index is 0.178. The summed E-state index contributed by atoms with van der Waals surface area (Å²) in [5.74, 6) is 0.282. The summed E-state index contributed by atoms with van der Waals surface area (Å²) in [4.78, 5) is 16.9. The Hall–Kier alpha value is -2.64. The van der Waals surface area contributed by atoms with E-state index in [1.807, 2.05) is 24.3 Å². The van der Waals surface area contributed by atoms with Crippen LogP contribution in [0.1, 0.15) is 24.5 Å². The number of fused-ring (bicyclic) bond motifs is 4. The zero-order valence-electron chi connectivity index (χ0n) is 20.7. The quantitative estimate of drug-likeness (QED) is 0.215. The third-order valence-corrected chi connectivity index (χ3v) is 7.33. The predicted molar refractivity (Wildman–Crippen MR) is 134 cm³/mol. The number of ether oxygens (including phenoxy) is 1. The SMILES string of the molecule is C=C[C@H]1CN2CC[C@H]1C[C@@H]2[C@@H](O)c1ccnc2ccc(OC)cc12.O=C(O)[C@H](O)[C@@H](O)[C@H](O)[C@H](O)CO. The molecule has 0 aliphatic carbocycles. The van der Waals surface area contributed by atoms with Gasteiger partial charge in [-0.15, -0.1) is 6.58 Å². The van der Waals surface area contributed by atoms with Gasteiger partial charge in [0.15, 0.2) is 6.10 Å². The molecular formula is C26H36N2O9. The molecule has 0 radical (unpaired) electrons. The Morgan fingerprint density at radius 3 is 2.51 bits per heavy atom. The molecule has 3 aliphatic heterocycles. The summed E-state index contributed by atoms with van der Waals surface area (Å²) in [5, 5.41) is 63.9. The number of aliphatic hydroxyl groups excluding tert-OH is 6. The number of hydrogen-bond donors (Lipinski definition) is 7. The smallest absolute Gasteiger partial charge is 0.335 e. The number of carboxylic acid groups (broad SMARTS) is 1. The van der Waals surface area contributed by atoms with E-state index in [-0.39, 0.29) is 6.04 Å². The van der Waals surface area contributed by atoms with Gasteiger partial charge in [0.05, 0.1) is 25.3 Å². The van der Waals surface area contributed by atoms with Gasteiger partial charge in [-0.1, -0.05) is 6.08 Å². The van der Waals surface area contributed by atoms with Crippen molar-refractivity contribution in [2.75, 3.05) is 26.8 Å². The fourth-order valence-corrected chi connectivity index (χ4v) is 5.11. The van der Waals surface area contributed by atoms with Gasteiger partial charge in [-0.2, -0.15) is 0 Å². The van der Waals surface area contributed by atoms with Crippen LogP contribution in [0.15, 0.2) is 43.1 Å². The van der Waals surface area contributed by atoms with Gasteiger partial charge in [-0.3, -0.25) is 9.88 Å². The summed E-state index contributed by atoms with van der Waals surface area (Å²) >= 11 is 0. The molecule has 204 valence electrons. The Balaban J connectivity index is 0.000000251. The number of aromatic nitrogens is 1. The van der Waals surface area contributed by atoms with E-state index in [1.165, 1.54) is 6.42 Å². The van der Waals surface area contributed by atoms with E-state index in [2.05, 4.69) is 22.5 Å². The van der Waals surface area contributed by atoms with Crippen LogP contribution in [0.25, 0.3) is 10.9 Å². The van der Waals surface area contributed by atoms with Crippen molar-refractivity contribution in [1.82, 2.24) is 9.88 Å². The van der Waals surface area contributed by atoms with Crippen molar-refractivity contribution in [3.8, 4) is 5.75 Å². The molecule has 9 atom stereocenters. The summed E-state index contributed by atoms with van der Waals surface area (Å²) in [7, 11) is 1.66. The lowest BCUT2D eigenvalue weighted by Gasteiger charge is -2.50. The Bertz CT molecular complexity index is 1070. The average Bonchev–Trinajstić information content (AvgIpc) is 2.94. The largest absolute Gasteiger partial charge is 0.497 e. The lowest BCUT2D eigenvalue weighted by molar-refractivity contribution is -0.164. The number of methoxy groups -OCH3 is 1. The average molecular weight is 521 g/mol. The number of benzene rings is 1. The minimum atomic E-state index is -2.20. The van der Waals surface area contributed by atoms with E-state index >= 15 is 0 Å². The topological polar surface area (TPSA) is 184 Å². The third kappa shape index (κ3) is 6.44. The van der Waals surface area contributed by atoms with Gasteiger partial charge < -0.3 is 40.5 Å². The fourth-order valence-electron chi connectivity index (χ4n) is 5.11. The first-order chi connectivity index (χ1) is 17.6. The van der Waals surface area contributed by atoms with Crippen LogP contribution in [-0.2, 0) is 4.79 Å². The molecule has 0 amide bonds. The van der Waals surface area contributed by atoms with E-state index in [4.69, 9.17) is 35.4 Å². The van der Waals surface area contributed by atoms with Gasteiger partial charge in [-0.25, -0.2) is 4.79 Å². The molecule has 11 nitrogen and oxygen atoms in total. The Morgan fingerprint density at radius 2 is 1.95 bits per heavy atom. The van der Waals surface area contributed by atoms with Crippen LogP contribution >= 0.6 is 0 Å². The lowest BCUT2D eigenvalue weighted by atomic mass is 9.73. The highest BCUT2D eigenvalue weighted by atomic mass is 16.5. The molecular weight excluding hydrogens is 484 g/mol. The van der Waals surface area contributed by atoms with Crippen molar-refractivity contribution in [3.63, 3.8) is 0 Å². The molecule has 1 aromatic heterocycles. The van der Waals surface area contributed by atoms with Crippen molar-refractivity contribution in [2.45, 2.75) is 49.4 Å². The van der Waals surface area contributed by atoms with Crippen LogP contribution in [0.2, 0.25) is 0 Å². The van der Waals surface area contributed by atoms with Crippen molar-refractivity contribution in [2.24, 2.45) is 11.8 Å². The molecule has 0 spiro atoms. The molecule has 2 bridgehead atoms. The molecule has 11 heteroatoms. The van der Waals surface area contributed by atoms with Gasteiger partial charge in [0.1, 0.15) is 24.1 Å². The number of aliphatic hydroxyl groups is 6. The highest BCUT2D eigenvalue weighted by molar-refractivity contribution is 5.84. The van der Waals surface area contributed by atoms with Crippen molar-refractivity contribution in [1.29, 1.82) is 0 Å². The lowest BCUT2D eigenvalue weighted by Crippen LogP contribution is -2.54. The number of aliphatic carboxylic acids is 1. The number of hydrogen-bond acceptors (Lipinski definition) is 10. The fraction of sp³-hybridized carbons (Fsp3) is 0.538. The van der Waals surface area contributed by atoms with Gasteiger partial charge in [0.2, 0.25) is 0 Å². The van der Waals surface area contributed by atoms with E-state index in [0.29, 0.717) is 11.8 Å². The number of nitrogens with zero attached hydrogens (tertiary/aromatic N) is 2. The molecule has 1 unspecified atom stereocenters. The number of rotatable bonds is 9. The highest BCUT2D eigenvalue weighted by Gasteiger charge is 2.42. The van der Waals surface area contributed by atoms with Crippen molar-refractivity contribution in [3.05, 3.63) is 48.7 Å². The van der Waals surface area contributed by atoms with Gasteiger partial charge in [0.25, 0.3) is 0 Å². The first-order valence-electron chi connectivity index (χ1n) is 12.2. The van der Waals surface area contributed by atoms with Crippen molar-refractivity contribution >= 4 is 16.9 Å². The first kappa shape index (κ1) is 28.9. The molecule has 2 aromatic rings. The molecule has 5 rings (SSSR count). The summed E-state index contributed by atoms with van der Waals surface area (Å²) in [6, 6.07) is 7.96. The second-order valence-electron chi connectivity index (χ2n) is 9.49. The maximum Gasteiger partial charge on any atom is 0.335 e. The molecule has 37 heavy (non-hydrogen) atoms. The van der Waals surface area contributed by atoms with Crippen LogP contribution in [0.3, 0.4) is 0 Å². The predicted octanol–water partition coefficient (Wildman–Crippen LogP) is -0.320. The maximum atomic E-state index is 11.2. The monoisotopic (exact) mass is 520 g/mol. The molecule has 1 aromatic carbocycles. The molecule has 3 saturated heterocycles. The van der Waals surface area contributed by atoms with Gasteiger partial charge in [-0.05, 0) is 61.1 Å². The molecule has 3 aliphatic rings. The summed E-state index contributed by atoms with van der Waals surface area (Å²) in [6.07, 6.45) is -2.22. The second kappa shape index (κ2) is 12.7. The Labute approximate surface area is 214 Å². The maximum absolute atomic E-state index is 11.2. The highest BCUT2D eigenvalue weighted by Crippen LogP contribution is 2.42. The van der Waals surface area contributed by atoms with Crippen LogP contribution in [0, 0.1) is 11.8 Å². The summed E-state index contributed by atoms with van der Waals surface area (Å²) < 4.78 is 5.35. The molecule has 3 fully saturated rings. The number of pyridine rings is 1. The standard InChI is InChI=1S/C20H24N2O2.C6H12O7/c1-3-13-12-22-9-7-14(13)10-19(22)20(23)16-6-8-21-18-5-4-15(24-2)11-17(16)18;7-1-2(8)3(9)4(10)5(11)6(12)13/h3-6,8,11,13-14,19-20,23H,1,7,9-10,12H2,2H3;2-5,7-11H,1H2,(H,12,13)/t13-,14-,19+,20-;2-,3-,4+,5-/m01/s1. The zero-order chi connectivity index (χ0) is 27.3. The Kier molecular flexibility index (Phi) is 9.96. The van der Waals surface area contributed by atoms with Crippen LogP contribution < -0.4 is 4.74 Å². The van der Waals surface area contributed by atoms with Crippen LogP contribution in [-0.4, -0.2) is 109 Å². The summed E-state index contributed by atoms with van der Waals surface area (Å²) in [6.45, 7) is 5.23. The zero-order valence-corrected chi connectivity index (χ0v) is 20.7. The number of piperidine rings is 3. The number of carbonyl (C=O) groups is 1. The normalized spacial score (nSPS) is 26.8. The Morgan fingerprint density at radius 1 is 1.22 bits per heavy atom. The molecule has 4 heterocycles. The van der Waals surface area contributed by atoms with Gasteiger partial charge in [0, 0.05) is 24.2 Å². The minimum Gasteiger partial charge on any atom is -0.497 e. The van der Waals surface area contributed by atoms with Gasteiger partial charge >= 0.3 is 5.97 Å². The van der Waals surface area contributed by atoms with E-state index in [0.717, 1.165) is 41.7 Å². The van der Waals surface area contributed by atoms with Crippen LogP contribution in [0.4, 0.5) is 0 Å². The third-order valence-electron chi connectivity index (χ3n) is 7.33. The molecule has 7 N–H and O–H groups in total. The molecule has 0 saturated carbocycles. The van der Waals surface area contributed by atoms with Crippen LogP contribution in [0.5, 0.6) is 5.75 Å². The van der Waals surface area contributed by atoms with E-state index in [9.17, 15) is 9.90 Å². The van der Waals surface area contributed by atoms with E-state index < -0.39 is 43.1 Å². The number of carboxylic acids is 1. The van der Waals surface area contributed by atoms with Crippen molar-refractivity contribution < 1.29 is 45.3 Å². The second-order valence-corrected chi connectivity index (χ2v) is 9.49. The summed E-state index contributed by atoms with van der Waals surface area (Å²) in [5.41, 5.74) is 1.85.